The van der Waals surface area contributed by atoms with E-state index in [4.69, 9.17) is 0 Å². The summed E-state index contributed by atoms with van der Waals surface area (Å²) in [5.41, 5.74) is 0.527. The quantitative estimate of drug-likeness (QED) is 0.516. The zero-order valence-corrected chi connectivity index (χ0v) is 14.9. The number of phenols is 1. The van der Waals surface area contributed by atoms with Crippen LogP contribution in [0.5, 0.6) is 5.75 Å². The Balaban J connectivity index is 2.10. The minimum atomic E-state index is -4.11. The van der Waals surface area contributed by atoms with E-state index >= 15 is 0 Å². The number of sulfonamides is 1. The third-order valence-electron chi connectivity index (χ3n) is 3.94. The Morgan fingerprint density at radius 3 is 2.11 bits per heavy atom. The molecule has 0 heterocycles. The molecule has 27 heavy (non-hydrogen) atoms. The number of para-hydroxylation sites is 1. The minimum Gasteiger partial charge on any atom is -0.502 e. The molecule has 8 heteroatoms. The van der Waals surface area contributed by atoms with Crippen molar-refractivity contribution >= 4 is 21.4 Å². The number of nitro groups is 1. The summed E-state index contributed by atoms with van der Waals surface area (Å²) in [6.45, 7) is 0.0574. The molecule has 7 nitrogen and oxygen atoms in total. The van der Waals surface area contributed by atoms with Crippen LogP contribution in [0.25, 0.3) is 0 Å². The normalized spacial score (nSPS) is 11.1. The number of nitro benzene ring substituents is 1. The third-order valence-corrected chi connectivity index (χ3v) is 5.71. The Morgan fingerprint density at radius 1 is 0.926 bits per heavy atom. The molecule has 0 radical (unpaired) electrons. The molecule has 138 valence electrons. The van der Waals surface area contributed by atoms with Crippen molar-refractivity contribution in [1.29, 1.82) is 0 Å². The van der Waals surface area contributed by atoms with Crippen LogP contribution in [0.2, 0.25) is 0 Å². The van der Waals surface area contributed by atoms with E-state index in [2.05, 4.69) is 0 Å². The lowest BCUT2D eigenvalue weighted by atomic mass is 10.2. The molecule has 0 aliphatic carbocycles. The second-order valence-corrected chi connectivity index (χ2v) is 7.60. The van der Waals surface area contributed by atoms with Crippen LogP contribution in [0.3, 0.4) is 0 Å². The van der Waals surface area contributed by atoms with E-state index in [-0.39, 0.29) is 11.4 Å². The van der Waals surface area contributed by atoms with Gasteiger partial charge in [0.2, 0.25) is 0 Å². The van der Waals surface area contributed by atoms with Gasteiger partial charge >= 0.3 is 5.69 Å². The molecule has 0 amide bonds. The number of aromatic hydroxyl groups is 1. The predicted molar refractivity (Wildman–Crippen MR) is 101 cm³/mol. The van der Waals surface area contributed by atoms with Gasteiger partial charge in [0.25, 0.3) is 10.0 Å². The number of anilines is 1. The Labute approximate surface area is 156 Å². The van der Waals surface area contributed by atoms with Crippen LogP contribution < -0.4 is 4.31 Å². The minimum absolute atomic E-state index is 0.0574. The van der Waals surface area contributed by atoms with Crippen molar-refractivity contribution < 1.29 is 18.4 Å². The van der Waals surface area contributed by atoms with E-state index in [9.17, 15) is 23.6 Å². The summed E-state index contributed by atoms with van der Waals surface area (Å²) >= 11 is 0. The summed E-state index contributed by atoms with van der Waals surface area (Å²) in [5.74, 6) is -0.590. The Bertz CT molecular complexity index is 1050. The lowest BCUT2D eigenvalue weighted by Crippen LogP contribution is -2.30. The van der Waals surface area contributed by atoms with E-state index in [1.165, 1.54) is 4.31 Å². The summed E-state index contributed by atoms with van der Waals surface area (Å²) in [5, 5.41) is 20.7. The van der Waals surface area contributed by atoms with Crippen LogP contribution in [-0.2, 0) is 16.6 Å². The highest BCUT2D eigenvalue weighted by Gasteiger charge is 2.28. The summed E-state index contributed by atoms with van der Waals surface area (Å²) in [7, 11) is -4.11. The molecule has 0 aliphatic heterocycles. The van der Waals surface area contributed by atoms with Crippen molar-refractivity contribution in [2.24, 2.45) is 0 Å². The van der Waals surface area contributed by atoms with Crippen molar-refractivity contribution in [1.82, 2.24) is 0 Å². The fraction of sp³-hybridized carbons (Fsp3) is 0.0526. The average molecular weight is 384 g/mol. The van der Waals surface area contributed by atoms with Gasteiger partial charge in [-0.25, -0.2) is 8.42 Å². The fourth-order valence-electron chi connectivity index (χ4n) is 2.60. The molecular weight excluding hydrogens is 368 g/mol. The van der Waals surface area contributed by atoms with Gasteiger partial charge in [-0.05, 0) is 29.8 Å². The van der Waals surface area contributed by atoms with Crippen molar-refractivity contribution in [3.8, 4) is 5.75 Å². The fourth-order valence-corrected chi connectivity index (χ4v) is 4.07. The second-order valence-electron chi connectivity index (χ2n) is 5.74. The number of rotatable bonds is 6. The Hall–Kier alpha value is -3.39. The van der Waals surface area contributed by atoms with Crippen molar-refractivity contribution in [3.05, 3.63) is 94.5 Å². The van der Waals surface area contributed by atoms with Crippen molar-refractivity contribution in [2.75, 3.05) is 4.31 Å². The molecule has 0 fully saturated rings. The van der Waals surface area contributed by atoms with Crippen LogP contribution >= 0.6 is 0 Å². The molecule has 0 bridgehead atoms. The molecule has 0 aromatic heterocycles. The summed E-state index contributed by atoms with van der Waals surface area (Å²) in [6, 6.07) is 20.5. The largest absolute Gasteiger partial charge is 0.502 e. The molecular formula is C19H16N2O5S. The number of nitrogens with zero attached hydrogens (tertiary/aromatic N) is 2. The smallest absolute Gasteiger partial charge is 0.312 e. The number of phenolic OH excluding ortho intramolecular Hbond substituents is 1. The number of benzene rings is 3. The van der Waals surface area contributed by atoms with E-state index < -0.39 is 26.4 Å². The second kappa shape index (κ2) is 7.46. The monoisotopic (exact) mass is 384 g/mol. The van der Waals surface area contributed by atoms with Gasteiger partial charge in [0.15, 0.2) is 5.75 Å². The van der Waals surface area contributed by atoms with Crippen LogP contribution in [-0.4, -0.2) is 18.4 Å². The first-order valence-electron chi connectivity index (χ1n) is 7.99. The number of hydrogen-bond acceptors (Lipinski definition) is 5. The van der Waals surface area contributed by atoms with Gasteiger partial charge < -0.3 is 5.11 Å². The average Bonchev–Trinajstić information content (AvgIpc) is 2.67. The molecule has 0 saturated heterocycles. The van der Waals surface area contributed by atoms with Crippen LogP contribution in [0.15, 0.2) is 83.8 Å². The Morgan fingerprint density at radius 2 is 1.52 bits per heavy atom. The molecule has 3 aromatic carbocycles. The van der Waals surface area contributed by atoms with Gasteiger partial charge in [-0.2, -0.15) is 0 Å². The zero-order chi connectivity index (χ0) is 19.4. The van der Waals surface area contributed by atoms with Crippen LogP contribution in [0, 0.1) is 10.1 Å². The topological polar surface area (TPSA) is 101 Å². The third kappa shape index (κ3) is 3.90. The van der Waals surface area contributed by atoms with Gasteiger partial charge in [-0.1, -0.05) is 48.5 Å². The maximum atomic E-state index is 13.2. The molecule has 3 aromatic rings. The van der Waals surface area contributed by atoms with Crippen molar-refractivity contribution in [2.45, 2.75) is 11.4 Å². The maximum absolute atomic E-state index is 13.2. The van der Waals surface area contributed by atoms with Gasteiger partial charge in [-0.15, -0.1) is 0 Å². The summed E-state index contributed by atoms with van der Waals surface area (Å²) in [4.78, 5) is 9.98. The highest BCUT2D eigenvalue weighted by molar-refractivity contribution is 7.92. The van der Waals surface area contributed by atoms with Gasteiger partial charge in [0.1, 0.15) is 0 Å². The van der Waals surface area contributed by atoms with E-state index in [1.54, 1.807) is 54.6 Å². The highest BCUT2D eigenvalue weighted by Crippen LogP contribution is 2.32. The van der Waals surface area contributed by atoms with E-state index in [1.807, 2.05) is 6.07 Å². The molecule has 0 spiro atoms. The van der Waals surface area contributed by atoms with Crippen LogP contribution in [0.1, 0.15) is 5.56 Å². The van der Waals surface area contributed by atoms with Gasteiger partial charge in [-0.3, -0.25) is 14.4 Å². The van der Waals surface area contributed by atoms with E-state index in [0.29, 0.717) is 5.69 Å². The van der Waals surface area contributed by atoms with Crippen LogP contribution in [0.4, 0.5) is 11.4 Å². The first-order valence-corrected chi connectivity index (χ1v) is 9.43. The highest BCUT2D eigenvalue weighted by atomic mass is 32.2. The van der Waals surface area contributed by atoms with Gasteiger partial charge in [0, 0.05) is 6.07 Å². The van der Waals surface area contributed by atoms with Gasteiger partial charge in [0.05, 0.1) is 22.1 Å². The molecule has 3 rings (SSSR count). The molecule has 0 atom stereocenters. The lowest BCUT2D eigenvalue weighted by Gasteiger charge is -2.24. The molecule has 0 saturated carbocycles. The summed E-state index contributed by atoms with van der Waals surface area (Å²) in [6.07, 6.45) is 0. The first-order chi connectivity index (χ1) is 12.9. The SMILES string of the molecule is O=[N+]([O-])c1cc(S(=O)(=O)N(Cc2ccccc2)c2ccccc2)ccc1O. The number of hydrogen-bond donors (Lipinski definition) is 1. The predicted octanol–water partition coefficient (Wildman–Crippen LogP) is 3.70. The Kier molecular flexibility index (Phi) is 5.09. The molecule has 1 N–H and O–H groups in total. The summed E-state index contributed by atoms with van der Waals surface area (Å²) < 4.78 is 27.7. The standard InChI is InChI=1S/C19H16N2O5S/c22-19-12-11-17(13-18(19)21(23)24)27(25,26)20(16-9-5-2-6-10-16)14-15-7-3-1-4-8-15/h1-13,22H,14H2. The maximum Gasteiger partial charge on any atom is 0.312 e. The molecule has 0 aliphatic rings. The lowest BCUT2D eigenvalue weighted by molar-refractivity contribution is -0.386. The molecule has 0 unspecified atom stereocenters. The van der Waals surface area contributed by atoms with Crippen molar-refractivity contribution in [3.63, 3.8) is 0 Å². The van der Waals surface area contributed by atoms with E-state index in [0.717, 1.165) is 23.8 Å². The zero-order valence-electron chi connectivity index (χ0n) is 14.1. The first kappa shape index (κ1) is 18.4.